The topological polar surface area (TPSA) is 67.9 Å². The van der Waals surface area contributed by atoms with E-state index in [-0.39, 0.29) is 17.7 Å². The number of nitrogens with one attached hydrogen (secondary N) is 1. The molecule has 21 heavy (non-hydrogen) atoms. The predicted molar refractivity (Wildman–Crippen MR) is 79.9 cm³/mol. The molecule has 6 nitrogen and oxygen atoms in total. The van der Waals surface area contributed by atoms with Gasteiger partial charge in [-0.05, 0) is 12.3 Å². The van der Waals surface area contributed by atoms with Crippen LogP contribution in [0.15, 0.2) is 0 Å². The fraction of sp³-hybridized carbons (Fsp3) is 0.867. The van der Waals surface area contributed by atoms with E-state index in [1.54, 1.807) is 12.0 Å². The van der Waals surface area contributed by atoms with Gasteiger partial charge in [-0.25, -0.2) is 0 Å². The van der Waals surface area contributed by atoms with Crippen LogP contribution in [-0.4, -0.2) is 62.8 Å². The molecule has 0 aromatic carbocycles. The molecule has 0 aliphatic carbocycles. The van der Waals surface area contributed by atoms with Crippen LogP contribution in [-0.2, 0) is 19.1 Å². The minimum absolute atomic E-state index is 0.00990. The molecule has 1 N–H and O–H groups in total. The third-order valence-corrected chi connectivity index (χ3v) is 3.86. The van der Waals surface area contributed by atoms with Crippen molar-refractivity contribution in [2.75, 3.05) is 40.0 Å². The quantitative estimate of drug-likeness (QED) is 0.640. The Hall–Kier alpha value is -1.14. The second-order valence-corrected chi connectivity index (χ2v) is 5.46. The molecular weight excluding hydrogens is 272 g/mol. The van der Waals surface area contributed by atoms with E-state index in [1.165, 1.54) is 0 Å². The molecule has 2 unspecified atom stereocenters. The molecule has 0 aromatic heterocycles. The van der Waals surface area contributed by atoms with Gasteiger partial charge in [0.1, 0.15) is 6.04 Å². The summed E-state index contributed by atoms with van der Waals surface area (Å²) >= 11 is 0. The van der Waals surface area contributed by atoms with Gasteiger partial charge in [0.2, 0.25) is 11.8 Å². The van der Waals surface area contributed by atoms with E-state index in [4.69, 9.17) is 9.47 Å². The molecule has 1 rings (SSSR count). The van der Waals surface area contributed by atoms with Crippen LogP contribution < -0.4 is 5.32 Å². The van der Waals surface area contributed by atoms with Crippen LogP contribution in [0.25, 0.3) is 0 Å². The molecular formula is C15H28N2O4. The minimum atomic E-state index is -0.404. The number of ether oxygens (including phenoxy) is 2. The number of hydrogen-bond donors (Lipinski definition) is 1. The van der Waals surface area contributed by atoms with Crippen LogP contribution in [0.2, 0.25) is 0 Å². The van der Waals surface area contributed by atoms with Gasteiger partial charge in [0.25, 0.3) is 0 Å². The number of carbonyl (C=O) groups is 2. The number of methoxy groups -OCH3 is 1. The van der Waals surface area contributed by atoms with Crippen LogP contribution in [0.3, 0.4) is 0 Å². The Bertz CT molecular complexity index is 336. The molecule has 0 spiro atoms. The SMILES string of the molecule is CCC(C)C1NC(=O)CCN(CCOCCCOC)C1=O. The maximum absolute atomic E-state index is 12.5. The molecule has 0 bridgehead atoms. The van der Waals surface area contributed by atoms with Gasteiger partial charge in [-0.1, -0.05) is 20.3 Å². The van der Waals surface area contributed by atoms with Crippen molar-refractivity contribution in [3.05, 3.63) is 0 Å². The van der Waals surface area contributed by atoms with Gasteiger partial charge in [-0.15, -0.1) is 0 Å². The van der Waals surface area contributed by atoms with Gasteiger partial charge >= 0.3 is 0 Å². The highest BCUT2D eigenvalue weighted by molar-refractivity contribution is 5.90. The zero-order chi connectivity index (χ0) is 15.7. The highest BCUT2D eigenvalue weighted by Crippen LogP contribution is 2.14. The second kappa shape index (κ2) is 9.73. The number of hydrogen-bond acceptors (Lipinski definition) is 4. The molecule has 1 aliphatic heterocycles. The summed E-state index contributed by atoms with van der Waals surface area (Å²) in [6, 6.07) is -0.404. The molecule has 0 radical (unpaired) electrons. The normalized spacial score (nSPS) is 21.1. The third-order valence-electron chi connectivity index (χ3n) is 3.86. The third kappa shape index (κ3) is 6.01. The van der Waals surface area contributed by atoms with Gasteiger partial charge < -0.3 is 19.7 Å². The highest BCUT2D eigenvalue weighted by atomic mass is 16.5. The molecule has 1 aliphatic rings. The van der Waals surface area contributed by atoms with Gasteiger partial charge in [0, 0.05) is 39.8 Å². The lowest BCUT2D eigenvalue weighted by atomic mass is 9.98. The molecule has 1 heterocycles. The highest BCUT2D eigenvalue weighted by Gasteiger charge is 2.32. The standard InChI is InChI=1S/C15H28N2O4/c1-4-12(2)14-15(19)17(7-6-13(18)16-14)8-11-21-10-5-9-20-3/h12,14H,4-11H2,1-3H3,(H,16,18). The molecule has 0 saturated carbocycles. The van der Waals surface area contributed by atoms with Crippen LogP contribution in [0.5, 0.6) is 0 Å². The van der Waals surface area contributed by atoms with Crippen LogP contribution in [0.4, 0.5) is 0 Å². The maximum Gasteiger partial charge on any atom is 0.245 e. The molecule has 2 atom stereocenters. The smallest absolute Gasteiger partial charge is 0.245 e. The summed E-state index contributed by atoms with van der Waals surface area (Å²) in [6.45, 7) is 6.83. The van der Waals surface area contributed by atoms with Crippen molar-refractivity contribution in [3.8, 4) is 0 Å². The van der Waals surface area contributed by atoms with Gasteiger partial charge in [0.15, 0.2) is 0 Å². The van der Waals surface area contributed by atoms with E-state index in [2.05, 4.69) is 5.32 Å². The minimum Gasteiger partial charge on any atom is -0.385 e. The number of nitrogens with zero attached hydrogens (tertiary/aromatic N) is 1. The van der Waals surface area contributed by atoms with Crippen LogP contribution >= 0.6 is 0 Å². The lowest BCUT2D eigenvalue weighted by Crippen LogP contribution is -2.48. The molecule has 1 saturated heterocycles. The van der Waals surface area contributed by atoms with Crippen LogP contribution in [0, 0.1) is 5.92 Å². The van der Waals surface area contributed by atoms with Gasteiger partial charge in [0.05, 0.1) is 6.61 Å². The molecule has 122 valence electrons. The van der Waals surface area contributed by atoms with E-state index >= 15 is 0 Å². The van der Waals surface area contributed by atoms with E-state index in [0.29, 0.717) is 39.3 Å². The lowest BCUT2D eigenvalue weighted by molar-refractivity contribution is -0.135. The zero-order valence-corrected chi connectivity index (χ0v) is 13.4. The van der Waals surface area contributed by atoms with Crippen molar-refractivity contribution >= 4 is 11.8 Å². The Kier molecular flexibility index (Phi) is 8.30. The summed E-state index contributed by atoms with van der Waals surface area (Å²) in [4.78, 5) is 26.0. The lowest BCUT2D eigenvalue weighted by Gasteiger charge is -2.27. The molecule has 6 heteroatoms. The van der Waals surface area contributed by atoms with E-state index < -0.39 is 6.04 Å². The van der Waals surface area contributed by atoms with Gasteiger partial charge in [-0.2, -0.15) is 0 Å². The first-order valence-electron chi connectivity index (χ1n) is 7.75. The summed E-state index contributed by atoms with van der Waals surface area (Å²) in [6.07, 6.45) is 2.07. The number of rotatable bonds is 9. The first kappa shape index (κ1) is 17.9. The summed E-state index contributed by atoms with van der Waals surface area (Å²) in [5.41, 5.74) is 0. The Morgan fingerprint density at radius 2 is 2.10 bits per heavy atom. The molecule has 2 amide bonds. The van der Waals surface area contributed by atoms with E-state index in [1.807, 2.05) is 13.8 Å². The average molecular weight is 300 g/mol. The van der Waals surface area contributed by atoms with Crippen molar-refractivity contribution in [1.82, 2.24) is 10.2 Å². The summed E-state index contributed by atoms with van der Waals surface area (Å²) < 4.78 is 10.4. The first-order valence-corrected chi connectivity index (χ1v) is 7.75. The Balaban J connectivity index is 2.44. The van der Waals surface area contributed by atoms with Crippen molar-refractivity contribution < 1.29 is 19.1 Å². The van der Waals surface area contributed by atoms with Crippen molar-refractivity contribution in [2.24, 2.45) is 5.92 Å². The number of carbonyl (C=O) groups excluding carboxylic acids is 2. The second-order valence-electron chi connectivity index (χ2n) is 5.46. The molecule has 0 aromatic rings. The fourth-order valence-electron chi connectivity index (χ4n) is 2.28. The fourth-order valence-corrected chi connectivity index (χ4v) is 2.28. The molecule has 1 fully saturated rings. The monoisotopic (exact) mass is 300 g/mol. The summed E-state index contributed by atoms with van der Waals surface area (Å²) in [5.74, 6) is 0.109. The van der Waals surface area contributed by atoms with Gasteiger partial charge in [-0.3, -0.25) is 9.59 Å². The summed E-state index contributed by atoms with van der Waals surface area (Å²) in [5, 5.41) is 2.84. The maximum atomic E-state index is 12.5. The largest absolute Gasteiger partial charge is 0.385 e. The zero-order valence-electron chi connectivity index (χ0n) is 13.4. The Morgan fingerprint density at radius 1 is 1.33 bits per heavy atom. The van der Waals surface area contributed by atoms with E-state index in [0.717, 1.165) is 12.8 Å². The van der Waals surface area contributed by atoms with Crippen molar-refractivity contribution in [3.63, 3.8) is 0 Å². The van der Waals surface area contributed by atoms with Crippen LogP contribution in [0.1, 0.15) is 33.1 Å². The summed E-state index contributed by atoms with van der Waals surface area (Å²) in [7, 11) is 1.66. The van der Waals surface area contributed by atoms with Crippen molar-refractivity contribution in [1.29, 1.82) is 0 Å². The average Bonchev–Trinajstić information content (AvgIpc) is 2.62. The Labute approximate surface area is 127 Å². The predicted octanol–water partition coefficient (Wildman–Crippen LogP) is 0.803. The Morgan fingerprint density at radius 3 is 2.76 bits per heavy atom. The number of amides is 2. The van der Waals surface area contributed by atoms with E-state index in [9.17, 15) is 9.59 Å². The van der Waals surface area contributed by atoms with Crippen molar-refractivity contribution in [2.45, 2.75) is 39.2 Å². The first-order chi connectivity index (χ1) is 10.1.